The molecule has 0 aromatic heterocycles. The van der Waals surface area contributed by atoms with E-state index in [1.165, 1.54) is 50.8 Å². The number of ether oxygens (including phenoxy) is 1. The number of amides is 3. The second kappa shape index (κ2) is 28.3. The summed E-state index contributed by atoms with van der Waals surface area (Å²) >= 11 is 4.60. The Morgan fingerprint density at radius 3 is 1.45 bits per heavy atom. The van der Waals surface area contributed by atoms with Crippen LogP contribution in [0.3, 0.4) is 0 Å². The van der Waals surface area contributed by atoms with Crippen molar-refractivity contribution in [3.8, 4) is 0 Å². The number of aliphatic hydroxyl groups is 2. The molecule has 2 saturated heterocycles. The van der Waals surface area contributed by atoms with Crippen LogP contribution in [0.4, 0.5) is 22.4 Å². The first-order valence-electron chi connectivity index (χ1n) is 25.8. The van der Waals surface area contributed by atoms with Crippen molar-refractivity contribution in [2.75, 3.05) is 46.4 Å². The Balaban J connectivity index is 0.000000302. The normalized spacial score (nSPS) is 19.3. The third-order valence-corrected chi connectivity index (χ3v) is 14.0. The van der Waals surface area contributed by atoms with Crippen LogP contribution >= 0.6 is 11.6 Å². The van der Waals surface area contributed by atoms with Crippen molar-refractivity contribution >= 4 is 34.8 Å². The minimum absolute atomic E-state index is 0.00947. The summed E-state index contributed by atoms with van der Waals surface area (Å²) in [5.74, 6) is -3.48. The van der Waals surface area contributed by atoms with Gasteiger partial charge in [0.15, 0.2) is 0 Å². The molecule has 3 amide bonds. The van der Waals surface area contributed by atoms with Gasteiger partial charge < -0.3 is 46.4 Å². The number of hydrogen-bond acceptors (Lipinski definition) is 10. The molecule has 13 nitrogen and oxygen atoms in total. The number of carbonyl (C=O) groups excluding carboxylic acids is 4. The van der Waals surface area contributed by atoms with Crippen molar-refractivity contribution in [1.29, 1.82) is 0 Å². The number of halogens is 5. The summed E-state index contributed by atoms with van der Waals surface area (Å²) in [5, 5.41) is 38.3. The van der Waals surface area contributed by atoms with Crippen LogP contribution in [0.25, 0.3) is 0 Å². The lowest BCUT2D eigenvalue weighted by atomic mass is 9.78. The lowest BCUT2D eigenvalue weighted by molar-refractivity contribution is -0.131. The second-order valence-electron chi connectivity index (χ2n) is 22.1. The van der Waals surface area contributed by atoms with Gasteiger partial charge in [-0.1, -0.05) is 90.1 Å². The molecule has 0 saturated carbocycles. The number of nitrogens with zero attached hydrogens (tertiary/aromatic N) is 1. The zero-order valence-electron chi connectivity index (χ0n) is 45.7. The molecule has 0 spiro atoms. The maximum atomic E-state index is 13.8. The highest BCUT2D eigenvalue weighted by Gasteiger charge is 2.40. The molecule has 2 aliphatic heterocycles. The van der Waals surface area contributed by atoms with Crippen LogP contribution in [-0.4, -0.2) is 109 Å². The second-order valence-corrected chi connectivity index (χ2v) is 22.4. The zero-order chi connectivity index (χ0) is 56.6. The maximum Gasteiger partial charge on any atom is 0.403 e. The molecular weight excluding hydrogens is 1000 g/mol. The Morgan fingerprint density at radius 2 is 1.08 bits per heavy atom. The quantitative estimate of drug-likeness (QED) is 0.0426. The highest BCUT2D eigenvalue weighted by molar-refractivity contribution is 6.61. The van der Waals surface area contributed by atoms with Gasteiger partial charge >= 0.3 is 5.43 Å². The molecule has 6 atom stereocenters. The van der Waals surface area contributed by atoms with Crippen molar-refractivity contribution < 1.29 is 51.7 Å². The van der Waals surface area contributed by atoms with Crippen LogP contribution in [-0.2, 0) is 53.9 Å². The van der Waals surface area contributed by atoms with Crippen molar-refractivity contribution in [3.05, 3.63) is 142 Å². The fourth-order valence-corrected chi connectivity index (χ4v) is 9.72. The number of likely N-dealkylation sites (tertiary alicyclic amines) is 1. The van der Waals surface area contributed by atoms with E-state index >= 15 is 0 Å². The number of carbonyl (C=O) groups is 4. The largest absolute Gasteiger partial charge is 0.457 e. The van der Waals surface area contributed by atoms with Crippen molar-refractivity contribution in [2.24, 2.45) is 0 Å². The van der Waals surface area contributed by atoms with E-state index in [0.717, 1.165) is 61.1 Å². The highest BCUT2D eigenvalue weighted by atomic mass is 35.5. The summed E-state index contributed by atoms with van der Waals surface area (Å²) < 4.78 is 58.7. The van der Waals surface area contributed by atoms with Gasteiger partial charge in [-0.3, -0.25) is 14.4 Å². The van der Waals surface area contributed by atoms with Gasteiger partial charge in [0.1, 0.15) is 23.3 Å². The molecule has 0 aliphatic carbocycles. The van der Waals surface area contributed by atoms with Gasteiger partial charge in [-0.25, -0.2) is 22.4 Å². The number of hydrogen-bond donors (Lipinski definition) is 7. The van der Waals surface area contributed by atoms with E-state index in [1.807, 2.05) is 17.0 Å². The summed E-state index contributed by atoms with van der Waals surface area (Å²) in [4.78, 5) is 47.2. The fraction of sp³-hybridized carbons (Fsp3) is 0.517. The first-order valence-corrected chi connectivity index (χ1v) is 26.1. The van der Waals surface area contributed by atoms with Gasteiger partial charge in [0.2, 0.25) is 17.7 Å². The van der Waals surface area contributed by atoms with Gasteiger partial charge in [-0.05, 0) is 114 Å². The van der Waals surface area contributed by atoms with Gasteiger partial charge in [-0.15, -0.1) is 0 Å². The van der Waals surface area contributed by atoms with E-state index in [4.69, 9.17) is 0 Å². The Morgan fingerprint density at radius 1 is 0.671 bits per heavy atom. The van der Waals surface area contributed by atoms with Crippen LogP contribution in [0.15, 0.2) is 84.9 Å². The van der Waals surface area contributed by atoms with E-state index in [0.29, 0.717) is 30.8 Å². The summed E-state index contributed by atoms with van der Waals surface area (Å²) in [5.41, 5.74) is 3.50. The zero-order valence-corrected chi connectivity index (χ0v) is 46.4. The van der Waals surface area contributed by atoms with E-state index in [-0.39, 0.29) is 60.0 Å². The Bertz CT molecular complexity index is 2530. The summed E-state index contributed by atoms with van der Waals surface area (Å²) in [7, 11) is 1.22. The number of methoxy groups -OCH3 is 1. The van der Waals surface area contributed by atoms with E-state index in [9.17, 15) is 47.0 Å². The molecular formula is C58H79ClF4N6O7. The first kappa shape index (κ1) is 63.1. The number of rotatable bonds is 16. The number of aliphatic hydroxyl groups excluding tert-OH is 2. The van der Waals surface area contributed by atoms with Gasteiger partial charge in [0, 0.05) is 77.2 Å². The summed E-state index contributed by atoms with van der Waals surface area (Å²) in [6, 6.07) is 21.8. The molecule has 6 unspecified atom stereocenters. The molecule has 0 bridgehead atoms. The van der Waals surface area contributed by atoms with Crippen molar-refractivity contribution in [1.82, 2.24) is 31.5 Å². The molecule has 0 radical (unpaired) electrons. The summed E-state index contributed by atoms with van der Waals surface area (Å²) in [6.07, 6.45) is 1.61. The lowest BCUT2D eigenvalue weighted by Gasteiger charge is -2.45. The Hall–Kier alpha value is -5.43. The predicted molar refractivity (Wildman–Crippen MR) is 289 cm³/mol. The Labute approximate surface area is 451 Å². The molecule has 4 aromatic rings. The molecule has 18 heteroatoms. The van der Waals surface area contributed by atoms with E-state index < -0.39 is 58.5 Å². The lowest BCUT2D eigenvalue weighted by Crippen LogP contribution is -2.58. The number of nitrogens with one attached hydrogen (secondary N) is 5. The molecule has 6 rings (SSSR count). The fourth-order valence-electron chi connectivity index (χ4n) is 9.72. The molecule has 2 heterocycles. The van der Waals surface area contributed by atoms with Crippen molar-refractivity contribution in [3.63, 3.8) is 0 Å². The van der Waals surface area contributed by atoms with Gasteiger partial charge in [0.25, 0.3) is 0 Å². The topological polar surface area (TPSA) is 181 Å². The molecule has 4 aromatic carbocycles. The monoisotopic (exact) mass is 1080 g/mol. The van der Waals surface area contributed by atoms with E-state index in [1.54, 1.807) is 6.92 Å². The standard InChI is InChI=1S/C29H39F2N3O3.C27H37F2N3O2.C2H3ClO2/c1-19(35)33-26(14-21-12-24(30)16-25(31)13-21)27(37)17-32-29(10-7-11-34(18-29)20(2)36)23-9-6-8-22(15-23)28(3,4)5;1-18(33)32-24(13-19-11-22(28)15-23(29)12-19)25(34)16-31-27(9-6-10-30-17-27)21-8-5-7-20(14-21)26(2,3)4;1-5-2(3)4/h6,8-9,12-13,15-16,26-27,32,37H,7,10-11,14,17-18H2,1-5H3,(H,33,35);5,7-8,11-12,14-15,24-25,30-31,34H,6,9-10,13,16-17H2,1-4H3,(H,32,33);1H3. The molecule has 76 heavy (non-hydrogen) atoms. The van der Waals surface area contributed by atoms with Crippen LogP contribution in [0.1, 0.15) is 121 Å². The van der Waals surface area contributed by atoms with Crippen LogP contribution in [0.2, 0.25) is 0 Å². The third kappa shape index (κ3) is 19.5. The highest BCUT2D eigenvalue weighted by Crippen LogP contribution is 2.36. The number of benzene rings is 4. The summed E-state index contributed by atoms with van der Waals surface area (Å²) in [6.45, 7) is 20.3. The molecule has 2 fully saturated rings. The van der Waals surface area contributed by atoms with Crippen molar-refractivity contribution in [2.45, 2.75) is 147 Å². The molecule has 2 aliphatic rings. The minimum atomic E-state index is -1.05. The predicted octanol–water partition coefficient (Wildman–Crippen LogP) is 8.33. The smallest absolute Gasteiger partial charge is 0.403 e. The van der Waals surface area contributed by atoms with Gasteiger partial charge in [-0.2, -0.15) is 0 Å². The van der Waals surface area contributed by atoms with Crippen LogP contribution in [0, 0.1) is 23.3 Å². The molecule has 7 N–H and O–H groups in total. The minimum Gasteiger partial charge on any atom is -0.457 e. The maximum absolute atomic E-state index is 13.8. The van der Waals surface area contributed by atoms with Crippen LogP contribution in [0.5, 0.6) is 0 Å². The van der Waals surface area contributed by atoms with E-state index in [2.05, 4.69) is 121 Å². The Kier molecular flexibility index (Phi) is 23.5. The third-order valence-electron chi connectivity index (χ3n) is 13.8. The average Bonchev–Trinajstić information content (AvgIpc) is 3.34. The van der Waals surface area contributed by atoms with Crippen LogP contribution < -0.4 is 26.6 Å². The SMILES string of the molecule is CC(=O)NC(Cc1cc(F)cc(F)c1)C(O)CNC1(c2cccc(C(C)(C)C)c2)CCCN(C(C)=O)C1.CC(=O)NC(Cc1cc(F)cc(F)c1)C(O)CNC1(c2cccc(C(C)(C)C)c2)CCCNC1.COC(=O)Cl. The first-order chi connectivity index (χ1) is 35.5. The average molecular weight is 1080 g/mol. The van der Waals surface area contributed by atoms with Gasteiger partial charge in [0.05, 0.1) is 42.5 Å². The molecule has 418 valence electrons. The number of piperidine rings is 2.